The summed E-state index contributed by atoms with van der Waals surface area (Å²) in [6.07, 6.45) is 2.40. The lowest BCUT2D eigenvalue weighted by molar-refractivity contribution is -0.137. The number of carboxylic acids is 1. The summed E-state index contributed by atoms with van der Waals surface area (Å²) in [6.45, 7) is 5.92. The first-order valence-corrected chi connectivity index (χ1v) is 6.38. The van der Waals surface area contributed by atoms with E-state index >= 15 is 0 Å². The van der Waals surface area contributed by atoms with Gasteiger partial charge in [0.2, 0.25) is 11.8 Å². The van der Waals surface area contributed by atoms with Gasteiger partial charge in [-0.05, 0) is 5.92 Å². The van der Waals surface area contributed by atoms with Crippen LogP contribution < -0.4 is 0 Å². The van der Waals surface area contributed by atoms with E-state index in [4.69, 9.17) is 5.11 Å². The van der Waals surface area contributed by atoms with Gasteiger partial charge in [-0.2, -0.15) is 0 Å². The van der Waals surface area contributed by atoms with Crippen LogP contribution in [0, 0.1) is 5.92 Å². The van der Waals surface area contributed by atoms with Crippen LogP contribution in [0.5, 0.6) is 0 Å². The summed E-state index contributed by atoms with van der Waals surface area (Å²) < 4.78 is 0. The van der Waals surface area contributed by atoms with Crippen LogP contribution in [-0.4, -0.2) is 58.9 Å². The zero-order valence-corrected chi connectivity index (χ0v) is 11.3. The summed E-state index contributed by atoms with van der Waals surface area (Å²) in [5, 5.41) is 8.45. The Bertz CT molecular complexity index is 382. The Labute approximate surface area is 112 Å². The van der Waals surface area contributed by atoms with Gasteiger partial charge < -0.3 is 14.9 Å². The van der Waals surface area contributed by atoms with Gasteiger partial charge >= 0.3 is 5.97 Å². The highest BCUT2D eigenvalue weighted by molar-refractivity contribution is 5.94. The number of aliphatic carboxylic acids is 1. The minimum atomic E-state index is -1.14. The first kappa shape index (κ1) is 15.2. The molecule has 1 N–H and O–H groups in total. The largest absolute Gasteiger partial charge is 0.478 e. The van der Waals surface area contributed by atoms with Gasteiger partial charge in [-0.3, -0.25) is 9.59 Å². The van der Waals surface area contributed by atoms with Crippen molar-refractivity contribution in [2.75, 3.05) is 26.2 Å². The molecule has 1 aliphatic rings. The standard InChI is InChI=1S/C13H20N2O4/c1-10(2)9-12(17)15-7-5-14(6-8-15)11(16)3-4-13(18)19/h3-4,10H,5-9H2,1-2H3,(H,18,19)/b4-3+. The van der Waals surface area contributed by atoms with E-state index in [-0.39, 0.29) is 11.8 Å². The van der Waals surface area contributed by atoms with E-state index in [1.165, 1.54) is 0 Å². The second-order valence-electron chi connectivity index (χ2n) is 4.98. The number of hydrogen-bond donors (Lipinski definition) is 1. The molecule has 0 aromatic heterocycles. The highest BCUT2D eigenvalue weighted by Crippen LogP contribution is 2.08. The highest BCUT2D eigenvalue weighted by atomic mass is 16.4. The van der Waals surface area contributed by atoms with Crippen LogP contribution in [0.2, 0.25) is 0 Å². The van der Waals surface area contributed by atoms with Gasteiger partial charge in [-0.15, -0.1) is 0 Å². The first-order valence-electron chi connectivity index (χ1n) is 6.38. The van der Waals surface area contributed by atoms with Gasteiger partial charge in [0.25, 0.3) is 0 Å². The number of hydrogen-bond acceptors (Lipinski definition) is 3. The summed E-state index contributed by atoms with van der Waals surface area (Å²) in [5.74, 6) is -1.02. The first-order chi connectivity index (χ1) is 8.90. The van der Waals surface area contributed by atoms with Crippen molar-refractivity contribution >= 4 is 17.8 Å². The number of carboxylic acid groups (broad SMARTS) is 1. The van der Waals surface area contributed by atoms with Crippen molar-refractivity contribution in [2.45, 2.75) is 20.3 Å². The number of nitrogens with zero attached hydrogens (tertiary/aromatic N) is 2. The molecule has 6 heteroatoms. The van der Waals surface area contributed by atoms with Crippen LogP contribution in [0.15, 0.2) is 12.2 Å². The molecule has 6 nitrogen and oxygen atoms in total. The molecule has 0 saturated carbocycles. The molecule has 2 amide bonds. The van der Waals surface area contributed by atoms with Gasteiger partial charge in [-0.25, -0.2) is 4.79 Å². The third-order valence-electron chi connectivity index (χ3n) is 2.90. The van der Waals surface area contributed by atoms with Crippen LogP contribution in [0.1, 0.15) is 20.3 Å². The second kappa shape index (κ2) is 6.92. The fourth-order valence-corrected chi connectivity index (χ4v) is 1.90. The lowest BCUT2D eigenvalue weighted by Gasteiger charge is -2.34. The Balaban J connectivity index is 2.42. The monoisotopic (exact) mass is 268 g/mol. The van der Waals surface area contributed by atoms with E-state index in [9.17, 15) is 14.4 Å². The molecule has 0 aromatic carbocycles. The molecule has 1 saturated heterocycles. The minimum Gasteiger partial charge on any atom is -0.478 e. The Kier molecular flexibility index (Phi) is 5.54. The van der Waals surface area contributed by atoms with Crippen LogP contribution in [-0.2, 0) is 14.4 Å². The van der Waals surface area contributed by atoms with E-state index in [0.717, 1.165) is 12.2 Å². The van der Waals surface area contributed by atoms with Gasteiger partial charge in [0.05, 0.1) is 0 Å². The third kappa shape index (κ3) is 5.11. The average molecular weight is 268 g/mol. The van der Waals surface area contributed by atoms with Crippen molar-refractivity contribution < 1.29 is 19.5 Å². The minimum absolute atomic E-state index is 0.114. The molecule has 0 aromatic rings. The number of carbonyl (C=O) groups excluding carboxylic acids is 2. The zero-order chi connectivity index (χ0) is 14.4. The van der Waals surface area contributed by atoms with Crippen LogP contribution in [0.3, 0.4) is 0 Å². The Morgan fingerprint density at radius 1 is 1.05 bits per heavy atom. The number of piperazine rings is 1. The molecule has 19 heavy (non-hydrogen) atoms. The predicted octanol–water partition coefficient (Wildman–Crippen LogP) is 0.344. The summed E-state index contributed by atoms with van der Waals surface area (Å²) in [5.41, 5.74) is 0. The van der Waals surface area contributed by atoms with Crippen molar-refractivity contribution in [3.63, 3.8) is 0 Å². The molecule has 0 spiro atoms. The maximum atomic E-state index is 11.8. The average Bonchev–Trinajstić information content (AvgIpc) is 2.35. The Morgan fingerprint density at radius 3 is 2.05 bits per heavy atom. The SMILES string of the molecule is CC(C)CC(=O)N1CCN(C(=O)/C=C/C(=O)O)CC1. The second-order valence-corrected chi connectivity index (χ2v) is 4.98. The van der Waals surface area contributed by atoms with E-state index in [1.807, 2.05) is 13.8 Å². The third-order valence-corrected chi connectivity index (χ3v) is 2.90. The van der Waals surface area contributed by atoms with Gasteiger partial charge in [0, 0.05) is 44.8 Å². The maximum absolute atomic E-state index is 11.8. The van der Waals surface area contributed by atoms with E-state index in [0.29, 0.717) is 38.5 Å². The van der Waals surface area contributed by atoms with Crippen molar-refractivity contribution in [1.29, 1.82) is 0 Å². The molecule has 1 fully saturated rings. The Morgan fingerprint density at radius 2 is 1.58 bits per heavy atom. The molecule has 106 valence electrons. The van der Waals surface area contributed by atoms with Crippen LogP contribution >= 0.6 is 0 Å². The summed E-state index contributed by atoms with van der Waals surface area (Å²) in [4.78, 5) is 37.1. The lowest BCUT2D eigenvalue weighted by atomic mass is 10.1. The maximum Gasteiger partial charge on any atom is 0.328 e. The summed E-state index contributed by atoms with van der Waals surface area (Å²) in [6, 6.07) is 0. The summed E-state index contributed by atoms with van der Waals surface area (Å²) in [7, 11) is 0. The fraction of sp³-hybridized carbons (Fsp3) is 0.615. The molecule has 0 unspecified atom stereocenters. The molecular formula is C13H20N2O4. The van der Waals surface area contributed by atoms with Crippen LogP contribution in [0.4, 0.5) is 0 Å². The smallest absolute Gasteiger partial charge is 0.328 e. The van der Waals surface area contributed by atoms with Gasteiger partial charge in [0.15, 0.2) is 0 Å². The summed E-state index contributed by atoms with van der Waals surface area (Å²) >= 11 is 0. The molecule has 1 aliphatic heterocycles. The van der Waals surface area contributed by atoms with E-state index in [1.54, 1.807) is 9.80 Å². The topological polar surface area (TPSA) is 77.9 Å². The number of rotatable bonds is 4. The molecule has 0 atom stereocenters. The molecule has 0 aliphatic carbocycles. The molecule has 0 bridgehead atoms. The predicted molar refractivity (Wildman–Crippen MR) is 69.4 cm³/mol. The van der Waals surface area contributed by atoms with Gasteiger partial charge in [0.1, 0.15) is 0 Å². The van der Waals surface area contributed by atoms with Crippen molar-refractivity contribution in [1.82, 2.24) is 9.80 Å². The molecular weight excluding hydrogens is 248 g/mol. The van der Waals surface area contributed by atoms with Crippen molar-refractivity contribution in [3.05, 3.63) is 12.2 Å². The Hall–Kier alpha value is -1.85. The van der Waals surface area contributed by atoms with E-state index in [2.05, 4.69) is 0 Å². The fourth-order valence-electron chi connectivity index (χ4n) is 1.90. The normalized spacial score (nSPS) is 16.2. The van der Waals surface area contributed by atoms with Crippen molar-refractivity contribution in [2.24, 2.45) is 5.92 Å². The molecule has 1 rings (SSSR count). The van der Waals surface area contributed by atoms with Gasteiger partial charge in [-0.1, -0.05) is 13.8 Å². The van der Waals surface area contributed by atoms with E-state index < -0.39 is 5.97 Å². The zero-order valence-electron chi connectivity index (χ0n) is 11.3. The van der Waals surface area contributed by atoms with Crippen LogP contribution in [0.25, 0.3) is 0 Å². The number of carbonyl (C=O) groups is 3. The quantitative estimate of drug-likeness (QED) is 0.746. The molecule has 0 radical (unpaired) electrons. The highest BCUT2D eigenvalue weighted by Gasteiger charge is 2.23. The van der Waals surface area contributed by atoms with Crippen molar-refractivity contribution in [3.8, 4) is 0 Å². The lowest BCUT2D eigenvalue weighted by Crippen LogP contribution is -2.50. The number of amides is 2. The molecule has 1 heterocycles.